The molecular formula is C14H9O2S. The molecular weight excluding hydrogens is 232 g/mol. The Morgan fingerprint density at radius 1 is 0.941 bits per heavy atom. The van der Waals surface area contributed by atoms with Crippen LogP contribution in [0.25, 0.3) is 21.2 Å². The van der Waals surface area contributed by atoms with Crippen molar-refractivity contribution >= 4 is 21.4 Å². The van der Waals surface area contributed by atoms with Crippen molar-refractivity contribution in [1.82, 2.24) is 0 Å². The summed E-state index contributed by atoms with van der Waals surface area (Å²) in [6, 6.07) is 13.0. The van der Waals surface area contributed by atoms with E-state index in [2.05, 4.69) is 5.38 Å². The molecule has 1 radical (unpaired) electrons. The van der Waals surface area contributed by atoms with E-state index in [1.54, 1.807) is 12.1 Å². The Morgan fingerprint density at radius 3 is 2.47 bits per heavy atom. The normalized spacial score (nSPS) is 10.8. The van der Waals surface area contributed by atoms with Gasteiger partial charge in [0.15, 0.2) is 0 Å². The first-order chi connectivity index (χ1) is 8.27. The van der Waals surface area contributed by atoms with Crippen LogP contribution in [0, 0.1) is 5.38 Å². The van der Waals surface area contributed by atoms with Crippen LogP contribution < -0.4 is 0 Å². The molecule has 0 unspecified atom stereocenters. The maximum Gasteiger partial charge on any atom is 0.143 e. The van der Waals surface area contributed by atoms with E-state index < -0.39 is 0 Å². The number of hydrogen-bond acceptors (Lipinski definition) is 3. The Balaban J connectivity index is 2.42. The Labute approximate surface area is 102 Å². The second-order valence-electron chi connectivity index (χ2n) is 3.75. The van der Waals surface area contributed by atoms with E-state index in [1.165, 1.54) is 11.3 Å². The zero-order chi connectivity index (χ0) is 11.8. The van der Waals surface area contributed by atoms with E-state index in [9.17, 15) is 10.2 Å². The minimum Gasteiger partial charge on any atom is -0.507 e. The SMILES string of the molecule is Oc1ccc2s[c]c(O)c2c1-c1ccccc1. The zero-order valence-corrected chi connectivity index (χ0v) is 9.66. The van der Waals surface area contributed by atoms with Crippen molar-refractivity contribution < 1.29 is 10.2 Å². The molecule has 0 fully saturated rings. The molecule has 0 spiro atoms. The number of aromatic hydroxyl groups is 2. The molecule has 2 nitrogen and oxygen atoms in total. The zero-order valence-electron chi connectivity index (χ0n) is 8.84. The van der Waals surface area contributed by atoms with Gasteiger partial charge in [-0.25, -0.2) is 0 Å². The van der Waals surface area contributed by atoms with E-state index in [0.29, 0.717) is 10.9 Å². The van der Waals surface area contributed by atoms with Gasteiger partial charge in [0.2, 0.25) is 0 Å². The number of phenols is 1. The number of fused-ring (bicyclic) bond motifs is 1. The maximum absolute atomic E-state index is 9.98. The average molecular weight is 241 g/mol. The van der Waals surface area contributed by atoms with Crippen molar-refractivity contribution in [2.75, 3.05) is 0 Å². The van der Waals surface area contributed by atoms with Gasteiger partial charge in [-0.05, 0) is 17.7 Å². The predicted molar refractivity (Wildman–Crippen MR) is 69.4 cm³/mol. The molecule has 0 saturated carbocycles. The third kappa shape index (κ3) is 1.56. The summed E-state index contributed by atoms with van der Waals surface area (Å²) in [4.78, 5) is 0. The van der Waals surface area contributed by atoms with Crippen molar-refractivity contribution in [3.05, 3.63) is 47.8 Å². The molecule has 1 aromatic heterocycles. The number of phenolic OH excluding ortho intramolecular Hbond substituents is 1. The quantitative estimate of drug-likeness (QED) is 0.680. The molecule has 3 aromatic rings. The van der Waals surface area contributed by atoms with E-state index in [-0.39, 0.29) is 11.5 Å². The van der Waals surface area contributed by atoms with Crippen LogP contribution in [0.5, 0.6) is 11.5 Å². The minimum absolute atomic E-state index is 0.0970. The lowest BCUT2D eigenvalue weighted by Crippen LogP contribution is -1.80. The van der Waals surface area contributed by atoms with Crippen LogP contribution >= 0.6 is 11.3 Å². The van der Waals surface area contributed by atoms with Crippen LogP contribution in [-0.2, 0) is 0 Å². The van der Waals surface area contributed by atoms with Crippen molar-refractivity contribution in [1.29, 1.82) is 0 Å². The molecule has 0 aliphatic carbocycles. The number of thiophene rings is 1. The van der Waals surface area contributed by atoms with E-state index >= 15 is 0 Å². The first kappa shape index (κ1) is 10.2. The molecule has 2 aromatic carbocycles. The van der Waals surface area contributed by atoms with Crippen molar-refractivity contribution in [2.45, 2.75) is 0 Å². The average Bonchev–Trinajstić information content (AvgIpc) is 2.73. The third-order valence-corrected chi connectivity index (χ3v) is 3.56. The Hall–Kier alpha value is -2.00. The molecule has 0 saturated heterocycles. The number of hydrogen-bond donors (Lipinski definition) is 2. The Morgan fingerprint density at radius 2 is 1.71 bits per heavy atom. The van der Waals surface area contributed by atoms with Crippen LogP contribution in [-0.4, -0.2) is 10.2 Å². The molecule has 0 aliphatic rings. The summed E-state index contributed by atoms with van der Waals surface area (Å²) >= 11 is 1.35. The first-order valence-corrected chi connectivity index (χ1v) is 5.99. The Kier molecular flexibility index (Phi) is 2.27. The van der Waals surface area contributed by atoms with Gasteiger partial charge in [0.1, 0.15) is 11.5 Å². The molecule has 1 heterocycles. The lowest BCUT2D eigenvalue weighted by atomic mass is 10.0. The fraction of sp³-hybridized carbons (Fsp3) is 0. The first-order valence-electron chi connectivity index (χ1n) is 5.18. The van der Waals surface area contributed by atoms with E-state index in [0.717, 1.165) is 10.3 Å². The van der Waals surface area contributed by atoms with Crippen molar-refractivity contribution in [3.63, 3.8) is 0 Å². The van der Waals surface area contributed by atoms with Gasteiger partial charge < -0.3 is 10.2 Å². The molecule has 17 heavy (non-hydrogen) atoms. The second kappa shape index (κ2) is 3.79. The monoisotopic (exact) mass is 241 g/mol. The van der Waals surface area contributed by atoms with Gasteiger partial charge in [-0.1, -0.05) is 30.3 Å². The van der Waals surface area contributed by atoms with Crippen LogP contribution in [0.2, 0.25) is 0 Å². The highest BCUT2D eigenvalue weighted by molar-refractivity contribution is 7.17. The van der Waals surface area contributed by atoms with Gasteiger partial charge in [-0.3, -0.25) is 0 Å². The van der Waals surface area contributed by atoms with E-state index in [1.807, 2.05) is 30.3 Å². The fourth-order valence-electron chi connectivity index (χ4n) is 1.94. The summed E-state index contributed by atoms with van der Waals surface area (Å²) in [6.07, 6.45) is 0. The maximum atomic E-state index is 9.98. The van der Waals surface area contributed by atoms with Crippen LogP contribution in [0.1, 0.15) is 0 Å². The highest BCUT2D eigenvalue weighted by atomic mass is 32.1. The summed E-state index contributed by atoms with van der Waals surface area (Å²) in [7, 11) is 0. The predicted octanol–water partition coefficient (Wildman–Crippen LogP) is 3.78. The van der Waals surface area contributed by atoms with Gasteiger partial charge in [-0.2, -0.15) is 0 Å². The summed E-state index contributed by atoms with van der Waals surface area (Å²) < 4.78 is 0.916. The highest BCUT2D eigenvalue weighted by Gasteiger charge is 2.14. The van der Waals surface area contributed by atoms with Crippen molar-refractivity contribution in [3.8, 4) is 22.6 Å². The number of benzene rings is 2. The smallest absolute Gasteiger partial charge is 0.143 e. The lowest BCUT2D eigenvalue weighted by Gasteiger charge is -2.07. The van der Waals surface area contributed by atoms with Gasteiger partial charge >= 0.3 is 0 Å². The summed E-state index contributed by atoms with van der Waals surface area (Å²) in [6.45, 7) is 0. The molecule has 0 aliphatic heterocycles. The lowest BCUT2D eigenvalue weighted by molar-refractivity contribution is 0.474. The Bertz CT molecular complexity index is 671. The molecule has 3 heteroatoms. The molecule has 3 rings (SSSR count). The highest BCUT2D eigenvalue weighted by Crippen LogP contribution is 2.43. The van der Waals surface area contributed by atoms with Crippen molar-refractivity contribution in [2.24, 2.45) is 0 Å². The summed E-state index contributed by atoms with van der Waals surface area (Å²) in [5.41, 5.74) is 1.55. The summed E-state index contributed by atoms with van der Waals surface area (Å²) in [5.74, 6) is 0.269. The standard InChI is InChI=1S/C14H9O2S/c15-10-6-7-12-14(11(16)8-17-12)13(10)9-4-2-1-3-5-9/h1-7,15-16H. The van der Waals surface area contributed by atoms with Gasteiger partial charge in [-0.15, -0.1) is 11.3 Å². The van der Waals surface area contributed by atoms with Crippen LogP contribution in [0.4, 0.5) is 0 Å². The molecule has 83 valence electrons. The number of rotatable bonds is 1. The van der Waals surface area contributed by atoms with Gasteiger partial charge in [0.05, 0.1) is 5.38 Å². The molecule has 0 amide bonds. The van der Waals surface area contributed by atoms with E-state index in [4.69, 9.17) is 0 Å². The minimum atomic E-state index is 0.0970. The van der Waals surface area contributed by atoms with Crippen LogP contribution in [0.3, 0.4) is 0 Å². The summed E-state index contributed by atoms with van der Waals surface area (Å²) in [5, 5.41) is 23.3. The molecule has 2 N–H and O–H groups in total. The topological polar surface area (TPSA) is 40.5 Å². The molecule has 0 atom stereocenters. The molecule has 0 bridgehead atoms. The second-order valence-corrected chi connectivity index (χ2v) is 4.60. The van der Waals surface area contributed by atoms with Gasteiger partial charge in [0, 0.05) is 15.6 Å². The fourth-order valence-corrected chi connectivity index (χ4v) is 2.69. The third-order valence-electron chi connectivity index (χ3n) is 2.70. The van der Waals surface area contributed by atoms with Crippen LogP contribution in [0.15, 0.2) is 42.5 Å². The largest absolute Gasteiger partial charge is 0.507 e. The van der Waals surface area contributed by atoms with Gasteiger partial charge in [0.25, 0.3) is 0 Å².